The second-order valence-corrected chi connectivity index (χ2v) is 1.68. The molecule has 8 heavy (non-hydrogen) atoms. The van der Waals surface area contributed by atoms with Gasteiger partial charge in [-0.05, 0) is 12.5 Å². The van der Waals surface area contributed by atoms with E-state index in [9.17, 15) is 0 Å². The van der Waals surface area contributed by atoms with Gasteiger partial charge in [-0.25, -0.2) is 9.97 Å². The summed E-state index contributed by atoms with van der Waals surface area (Å²) in [5.41, 5.74) is 1.07. The summed E-state index contributed by atoms with van der Waals surface area (Å²) in [5.74, 6) is 0.579. The van der Waals surface area contributed by atoms with E-state index in [1.54, 1.807) is 12.4 Å². The molecule has 1 aromatic rings. The highest BCUT2D eigenvalue weighted by atomic mass is 14.8. The molecule has 1 heterocycles. The predicted molar refractivity (Wildman–Crippen MR) is 31.2 cm³/mol. The van der Waals surface area contributed by atoms with Crippen molar-refractivity contribution in [3.63, 3.8) is 0 Å². The second kappa shape index (κ2) is 1.90. The van der Waals surface area contributed by atoms with Gasteiger partial charge in [-0.1, -0.05) is 0 Å². The molecule has 0 aliphatic rings. The largest absolute Gasteiger partial charge is 0.241 e. The zero-order valence-corrected chi connectivity index (χ0v) is 4.76. The smallest absolute Gasteiger partial charge is 0.128 e. The van der Waals surface area contributed by atoms with Gasteiger partial charge in [0, 0.05) is 19.3 Å². The molecule has 0 aliphatic heterocycles. The van der Waals surface area contributed by atoms with Gasteiger partial charge in [-0.15, -0.1) is 0 Å². The molecule has 0 saturated carbocycles. The Morgan fingerprint density at radius 3 is 2.25 bits per heavy atom. The van der Waals surface area contributed by atoms with E-state index in [0.29, 0.717) is 5.82 Å². The first-order valence-electron chi connectivity index (χ1n) is 2.39. The summed E-state index contributed by atoms with van der Waals surface area (Å²) in [5, 5.41) is 0. The standard InChI is InChI=1S/C6H7N2/c1-5-3-7-6(2)8-4-5/h3-4H,2H2,1H3. The maximum absolute atomic E-state index is 3.86. The van der Waals surface area contributed by atoms with Gasteiger partial charge >= 0.3 is 0 Å². The van der Waals surface area contributed by atoms with E-state index in [-0.39, 0.29) is 0 Å². The fourth-order valence-corrected chi connectivity index (χ4v) is 0.419. The molecule has 0 aliphatic carbocycles. The van der Waals surface area contributed by atoms with Crippen LogP contribution in [0.1, 0.15) is 11.4 Å². The molecule has 0 saturated heterocycles. The third-order valence-corrected chi connectivity index (χ3v) is 0.834. The zero-order chi connectivity index (χ0) is 5.98. The van der Waals surface area contributed by atoms with Crippen molar-refractivity contribution >= 4 is 0 Å². The molecule has 0 fully saturated rings. The molecule has 2 heteroatoms. The minimum absolute atomic E-state index is 0.579. The van der Waals surface area contributed by atoms with E-state index in [2.05, 4.69) is 16.9 Å². The van der Waals surface area contributed by atoms with Crippen molar-refractivity contribution in [1.82, 2.24) is 9.97 Å². The fraction of sp³-hybridized carbons (Fsp3) is 0.167. The van der Waals surface area contributed by atoms with Crippen LogP contribution in [0.25, 0.3) is 0 Å². The molecule has 0 aromatic carbocycles. The highest BCUT2D eigenvalue weighted by Gasteiger charge is 1.82. The van der Waals surface area contributed by atoms with Gasteiger partial charge in [0.2, 0.25) is 0 Å². The summed E-state index contributed by atoms with van der Waals surface area (Å²) >= 11 is 0. The summed E-state index contributed by atoms with van der Waals surface area (Å²) in [6, 6.07) is 0. The van der Waals surface area contributed by atoms with Crippen LogP contribution in [-0.4, -0.2) is 9.97 Å². The Kier molecular flexibility index (Phi) is 1.24. The first kappa shape index (κ1) is 5.22. The summed E-state index contributed by atoms with van der Waals surface area (Å²) in [6.07, 6.45) is 3.49. The Hall–Kier alpha value is -0.920. The Labute approximate surface area is 48.6 Å². The van der Waals surface area contributed by atoms with Crippen LogP contribution < -0.4 is 0 Å². The topological polar surface area (TPSA) is 25.8 Å². The van der Waals surface area contributed by atoms with Crippen LogP contribution >= 0.6 is 0 Å². The highest BCUT2D eigenvalue weighted by Crippen LogP contribution is 1.89. The predicted octanol–water partition coefficient (Wildman–Crippen LogP) is 0.967. The van der Waals surface area contributed by atoms with E-state index >= 15 is 0 Å². The number of aromatic nitrogens is 2. The normalized spacial score (nSPS) is 9.25. The van der Waals surface area contributed by atoms with Crippen molar-refractivity contribution in [3.05, 3.63) is 30.7 Å². The lowest BCUT2D eigenvalue weighted by Gasteiger charge is -1.88. The molecular weight excluding hydrogens is 100 g/mol. The molecular formula is C6H7N2. The highest BCUT2D eigenvalue weighted by molar-refractivity contribution is 5.02. The molecule has 0 atom stereocenters. The Balaban J connectivity index is 3.03. The van der Waals surface area contributed by atoms with Gasteiger partial charge in [0.1, 0.15) is 5.82 Å². The van der Waals surface area contributed by atoms with E-state index in [4.69, 9.17) is 0 Å². The van der Waals surface area contributed by atoms with Gasteiger partial charge in [0.05, 0.1) is 0 Å². The molecule has 41 valence electrons. The monoisotopic (exact) mass is 107 g/mol. The fourth-order valence-electron chi connectivity index (χ4n) is 0.419. The Morgan fingerprint density at radius 2 is 1.88 bits per heavy atom. The second-order valence-electron chi connectivity index (χ2n) is 1.68. The van der Waals surface area contributed by atoms with Crippen LogP contribution in [0.3, 0.4) is 0 Å². The maximum atomic E-state index is 3.86. The van der Waals surface area contributed by atoms with Crippen LogP contribution in [0.4, 0.5) is 0 Å². The van der Waals surface area contributed by atoms with Crippen molar-refractivity contribution in [2.75, 3.05) is 0 Å². The molecule has 0 amide bonds. The molecule has 1 radical (unpaired) electrons. The minimum Gasteiger partial charge on any atom is -0.241 e. The van der Waals surface area contributed by atoms with Gasteiger partial charge in [-0.3, -0.25) is 0 Å². The van der Waals surface area contributed by atoms with E-state index in [1.165, 1.54) is 0 Å². The minimum atomic E-state index is 0.579. The van der Waals surface area contributed by atoms with Crippen LogP contribution in [0.2, 0.25) is 0 Å². The molecule has 1 aromatic heterocycles. The number of nitrogens with zero attached hydrogens (tertiary/aromatic N) is 2. The van der Waals surface area contributed by atoms with Gasteiger partial charge < -0.3 is 0 Å². The SMILES string of the molecule is [CH2]c1ncc(C)cn1. The third kappa shape index (κ3) is 1.03. The van der Waals surface area contributed by atoms with Crippen LogP contribution in [-0.2, 0) is 0 Å². The molecule has 1 rings (SSSR count). The Bertz CT molecular complexity index is 145. The van der Waals surface area contributed by atoms with Crippen molar-refractivity contribution in [3.8, 4) is 0 Å². The molecule has 2 nitrogen and oxygen atoms in total. The Morgan fingerprint density at radius 1 is 1.38 bits per heavy atom. The quantitative estimate of drug-likeness (QED) is 0.493. The van der Waals surface area contributed by atoms with Crippen molar-refractivity contribution in [1.29, 1.82) is 0 Å². The van der Waals surface area contributed by atoms with Crippen molar-refractivity contribution in [2.24, 2.45) is 0 Å². The summed E-state index contributed by atoms with van der Waals surface area (Å²) in [7, 11) is 0. The summed E-state index contributed by atoms with van der Waals surface area (Å²) in [6.45, 7) is 5.48. The first-order valence-corrected chi connectivity index (χ1v) is 2.39. The maximum Gasteiger partial charge on any atom is 0.128 e. The summed E-state index contributed by atoms with van der Waals surface area (Å²) in [4.78, 5) is 7.71. The number of rotatable bonds is 0. The number of hydrogen-bond donors (Lipinski definition) is 0. The van der Waals surface area contributed by atoms with E-state index < -0.39 is 0 Å². The zero-order valence-electron chi connectivity index (χ0n) is 4.76. The van der Waals surface area contributed by atoms with E-state index in [0.717, 1.165) is 5.56 Å². The molecule has 0 spiro atoms. The molecule has 0 N–H and O–H groups in total. The summed E-state index contributed by atoms with van der Waals surface area (Å²) < 4.78 is 0. The first-order chi connectivity index (χ1) is 3.79. The van der Waals surface area contributed by atoms with Gasteiger partial charge in [0.25, 0.3) is 0 Å². The average molecular weight is 107 g/mol. The van der Waals surface area contributed by atoms with Crippen molar-refractivity contribution < 1.29 is 0 Å². The van der Waals surface area contributed by atoms with Gasteiger partial charge in [-0.2, -0.15) is 0 Å². The lowest BCUT2D eigenvalue weighted by Crippen LogP contribution is -1.84. The lowest BCUT2D eigenvalue weighted by atomic mass is 10.4. The molecule has 0 unspecified atom stereocenters. The average Bonchev–Trinajstić information content (AvgIpc) is 1.77. The van der Waals surface area contributed by atoms with Crippen LogP contribution in [0.5, 0.6) is 0 Å². The van der Waals surface area contributed by atoms with E-state index in [1.807, 2.05) is 6.92 Å². The van der Waals surface area contributed by atoms with Crippen LogP contribution in [0.15, 0.2) is 12.4 Å². The van der Waals surface area contributed by atoms with Crippen LogP contribution in [0, 0.1) is 13.8 Å². The van der Waals surface area contributed by atoms with Crippen molar-refractivity contribution in [2.45, 2.75) is 6.92 Å². The van der Waals surface area contributed by atoms with Gasteiger partial charge in [0.15, 0.2) is 0 Å². The third-order valence-electron chi connectivity index (χ3n) is 0.834. The lowest BCUT2D eigenvalue weighted by molar-refractivity contribution is 1.08. The number of hydrogen-bond acceptors (Lipinski definition) is 2. The molecule has 0 bridgehead atoms. The number of aryl methyl sites for hydroxylation is 1.